The van der Waals surface area contributed by atoms with Crippen LogP contribution in [0.4, 0.5) is 4.39 Å². The molecule has 0 saturated heterocycles. The predicted octanol–water partition coefficient (Wildman–Crippen LogP) is 3.42. The lowest BCUT2D eigenvalue weighted by Gasteiger charge is -2.05. The second-order valence-corrected chi connectivity index (χ2v) is 6.18. The highest BCUT2D eigenvalue weighted by Crippen LogP contribution is 2.20. The minimum Gasteiger partial charge on any atom is -0.351 e. The summed E-state index contributed by atoms with van der Waals surface area (Å²) in [6.07, 6.45) is 0. The first-order chi connectivity index (χ1) is 11.1. The molecule has 6 heteroatoms. The molecule has 0 unspecified atom stereocenters. The van der Waals surface area contributed by atoms with E-state index < -0.39 is 0 Å². The van der Waals surface area contributed by atoms with Crippen LogP contribution in [0.3, 0.4) is 0 Å². The first kappa shape index (κ1) is 15.6. The zero-order valence-electron chi connectivity index (χ0n) is 12.6. The molecule has 0 aliphatic carbocycles. The molecule has 23 heavy (non-hydrogen) atoms. The van der Waals surface area contributed by atoms with Crippen LogP contribution < -0.4 is 5.32 Å². The van der Waals surface area contributed by atoms with Crippen molar-refractivity contribution in [1.82, 2.24) is 15.3 Å². The highest BCUT2D eigenvalue weighted by atomic mass is 32.2. The Kier molecular flexibility index (Phi) is 4.62. The van der Waals surface area contributed by atoms with Gasteiger partial charge >= 0.3 is 0 Å². The second-order valence-electron chi connectivity index (χ2n) is 5.22. The van der Waals surface area contributed by atoms with E-state index in [0.717, 1.165) is 16.6 Å². The Morgan fingerprint density at radius 2 is 2.13 bits per heavy atom. The lowest BCUT2D eigenvalue weighted by atomic mass is 10.2. The number of hydrogen-bond acceptors (Lipinski definition) is 3. The Balaban J connectivity index is 1.54. The number of rotatable bonds is 5. The van der Waals surface area contributed by atoms with Crippen LogP contribution in [0.15, 0.2) is 47.6 Å². The third-order valence-corrected chi connectivity index (χ3v) is 4.26. The van der Waals surface area contributed by atoms with Crippen molar-refractivity contribution >= 4 is 28.7 Å². The molecule has 1 amide bonds. The van der Waals surface area contributed by atoms with Gasteiger partial charge in [0.15, 0.2) is 5.16 Å². The van der Waals surface area contributed by atoms with E-state index in [4.69, 9.17) is 0 Å². The first-order valence-electron chi connectivity index (χ1n) is 7.21. The average Bonchev–Trinajstić information content (AvgIpc) is 2.94. The Hall–Kier alpha value is -2.34. The molecule has 2 aromatic carbocycles. The van der Waals surface area contributed by atoms with E-state index in [-0.39, 0.29) is 24.0 Å². The van der Waals surface area contributed by atoms with Crippen LogP contribution in [-0.2, 0) is 11.3 Å². The van der Waals surface area contributed by atoms with Gasteiger partial charge in [0, 0.05) is 12.1 Å². The number of fused-ring (bicyclic) bond motifs is 1. The molecule has 0 fully saturated rings. The van der Waals surface area contributed by atoms with Crippen LogP contribution in [0.1, 0.15) is 11.1 Å². The number of carbonyl (C=O) groups is 1. The van der Waals surface area contributed by atoms with Gasteiger partial charge in [-0.1, -0.05) is 36.0 Å². The monoisotopic (exact) mass is 329 g/mol. The molecule has 0 atom stereocenters. The number of nitrogens with zero attached hydrogens (tertiary/aromatic N) is 1. The molecular formula is C17H16FN3OS. The van der Waals surface area contributed by atoms with Crippen LogP contribution in [0.25, 0.3) is 11.0 Å². The van der Waals surface area contributed by atoms with Gasteiger partial charge in [0.05, 0.1) is 16.8 Å². The van der Waals surface area contributed by atoms with Crippen molar-refractivity contribution in [2.45, 2.75) is 18.6 Å². The molecular weight excluding hydrogens is 313 g/mol. The number of aryl methyl sites for hydroxylation is 1. The minimum absolute atomic E-state index is 0.158. The van der Waals surface area contributed by atoms with Crippen molar-refractivity contribution in [1.29, 1.82) is 0 Å². The summed E-state index contributed by atoms with van der Waals surface area (Å²) in [5.41, 5.74) is 3.47. The number of aromatic amines is 1. The van der Waals surface area contributed by atoms with Gasteiger partial charge in [-0.2, -0.15) is 0 Å². The van der Waals surface area contributed by atoms with Gasteiger partial charge in [0.2, 0.25) is 5.91 Å². The fraction of sp³-hybridized carbons (Fsp3) is 0.176. The summed E-state index contributed by atoms with van der Waals surface area (Å²) < 4.78 is 13.5. The minimum atomic E-state index is -0.312. The van der Waals surface area contributed by atoms with E-state index in [1.54, 1.807) is 18.2 Å². The van der Waals surface area contributed by atoms with E-state index in [2.05, 4.69) is 15.3 Å². The Morgan fingerprint density at radius 1 is 1.30 bits per heavy atom. The Bertz CT molecular complexity index is 847. The fourth-order valence-electron chi connectivity index (χ4n) is 2.19. The quantitative estimate of drug-likeness (QED) is 0.705. The zero-order chi connectivity index (χ0) is 16.2. The predicted molar refractivity (Wildman–Crippen MR) is 89.8 cm³/mol. The lowest BCUT2D eigenvalue weighted by Crippen LogP contribution is -2.25. The summed E-state index contributed by atoms with van der Waals surface area (Å²) in [4.78, 5) is 19.5. The topological polar surface area (TPSA) is 57.8 Å². The number of aromatic nitrogens is 2. The summed E-state index contributed by atoms with van der Waals surface area (Å²) in [5.74, 6) is -0.240. The van der Waals surface area contributed by atoms with Crippen molar-refractivity contribution < 1.29 is 9.18 Å². The standard InChI is InChI=1S/C17H16FN3OS/c1-11-6-7-14-15(8-11)21-17(20-14)23-10-16(22)19-9-12-4-2-3-5-13(12)18/h2-8H,9-10H2,1H3,(H,19,22)(H,20,21). The molecule has 4 nitrogen and oxygen atoms in total. The number of amides is 1. The molecule has 3 aromatic rings. The number of H-pyrrole nitrogens is 1. The summed E-state index contributed by atoms with van der Waals surface area (Å²) in [6.45, 7) is 2.20. The van der Waals surface area contributed by atoms with Crippen molar-refractivity contribution in [3.8, 4) is 0 Å². The molecule has 0 bridgehead atoms. The number of nitrogens with one attached hydrogen (secondary N) is 2. The molecule has 0 aliphatic heterocycles. The molecule has 118 valence electrons. The molecule has 0 aliphatic rings. The van der Waals surface area contributed by atoms with Gasteiger partial charge in [0.25, 0.3) is 0 Å². The summed E-state index contributed by atoms with van der Waals surface area (Å²) in [6, 6.07) is 12.4. The SMILES string of the molecule is Cc1ccc2nc(SCC(=O)NCc3ccccc3F)[nH]c2c1. The van der Waals surface area contributed by atoms with Gasteiger partial charge < -0.3 is 10.3 Å². The normalized spacial score (nSPS) is 10.9. The van der Waals surface area contributed by atoms with Crippen molar-refractivity contribution in [3.63, 3.8) is 0 Å². The lowest BCUT2D eigenvalue weighted by molar-refractivity contribution is -0.118. The Morgan fingerprint density at radius 3 is 2.96 bits per heavy atom. The van der Waals surface area contributed by atoms with Gasteiger partial charge in [-0.3, -0.25) is 4.79 Å². The molecule has 2 N–H and O–H groups in total. The van der Waals surface area contributed by atoms with E-state index >= 15 is 0 Å². The van der Waals surface area contributed by atoms with Crippen LogP contribution in [0.5, 0.6) is 0 Å². The van der Waals surface area contributed by atoms with Crippen molar-refractivity contribution in [2.75, 3.05) is 5.75 Å². The number of halogens is 1. The third-order valence-electron chi connectivity index (χ3n) is 3.39. The van der Waals surface area contributed by atoms with E-state index in [1.807, 2.05) is 25.1 Å². The third kappa shape index (κ3) is 3.90. The van der Waals surface area contributed by atoms with E-state index in [9.17, 15) is 9.18 Å². The summed E-state index contributed by atoms with van der Waals surface area (Å²) in [7, 11) is 0. The molecule has 1 aromatic heterocycles. The van der Waals surface area contributed by atoms with E-state index in [0.29, 0.717) is 10.7 Å². The zero-order valence-corrected chi connectivity index (χ0v) is 13.4. The average molecular weight is 329 g/mol. The molecule has 0 spiro atoms. The smallest absolute Gasteiger partial charge is 0.230 e. The summed E-state index contributed by atoms with van der Waals surface area (Å²) >= 11 is 1.33. The number of carbonyl (C=O) groups excluding carboxylic acids is 1. The van der Waals surface area contributed by atoms with Crippen LogP contribution in [0.2, 0.25) is 0 Å². The van der Waals surface area contributed by atoms with Crippen molar-refractivity contribution in [2.24, 2.45) is 0 Å². The Labute approximate surface area is 137 Å². The van der Waals surface area contributed by atoms with Crippen molar-refractivity contribution in [3.05, 3.63) is 59.4 Å². The maximum atomic E-state index is 13.5. The number of imidazole rings is 1. The van der Waals surface area contributed by atoms with Crippen LogP contribution >= 0.6 is 11.8 Å². The second kappa shape index (κ2) is 6.83. The molecule has 1 heterocycles. The van der Waals surface area contributed by atoms with Crippen LogP contribution in [-0.4, -0.2) is 21.6 Å². The molecule has 0 saturated carbocycles. The maximum Gasteiger partial charge on any atom is 0.230 e. The van der Waals surface area contributed by atoms with Gasteiger partial charge in [-0.05, 0) is 30.7 Å². The number of thioether (sulfide) groups is 1. The number of hydrogen-bond donors (Lipinski definition) is 2. The molecule has 0 radical (unpaired) electrons. The fourth-order valence-corrected chi connectivity index (χ4v) is 2.90. The van der Waals surface area contributed by atoms with Gasteiger partial charge in [-0.15, -0.1) is 0 Å². The summed E-state index contributed by atoms with van der Waals surface area (Å²) in [5, 5.41) is 3.41. The van der Waals surface area contributed by atoms with Gasteiger partial charge in [0.1, 0.15) is 5.82 Å². The highest BCUT2D eigenvalue weighted by Gasteiger charge is 2.08. The number of benzene rings is 2. The van der Waals surface area contributed by atoms with Crippen LogP contribution in [0, 0.1) is 12.7 Å². The highest BCUT2D eigenvalue weighted by molar-refractivity contribution is 7.99. The van der Waals surface area contributed by atoms with Gasteiger partial charge in [-0.25, -0.2) is 9.37 Å². The maximum absolute atomic E-state index is 13.5. The largest absolute Gasteiger partial charge is 0.351 e. The molecule has 3 rings (SSSR count). The first-order valence-corrected chi connectivity index (χ1v) is 8.19. The van der Waals surface area contributed by atoms with E-state index in [1.165, 1.54) is 17.8 Å².